The molecule has 1 saturated carbocycles. The normalized spacial score (nSPS) is 24.3. The lowest BCUT2D eigenvalue weighted by Crippen LogP contribution is -2.43. The first-order chi connectivity index (χ1) is 9.74. The fourth-order valence-corrected chi connectivity index (χ4v) is 3.71. The Hall–Kier alpha value is -0.0800. The average Bonchev–Trinajstić information content (AvgIpc) is 2.69. The summed E-state index contributed by atoms with van der Waals surface area (Å²) in [6, 6.07) is 0.762. The smallest absolute Gasteiger partial charge is 0.0107 e. The molecule has 0 aromatic heterocycles. The van der Waals surface area contributed by atoms with Gasteiger partial charge in [0.05, 0.1) is 0 Å². The molecule has 0 radical (unpaired) electrons. The molecule has 0 saturated heterocycles. The van der Waals surface area contributed by atoms with Gasteiger partial charge in [0, 0.05) is 19.1 Å². The van der Waals surface area contributed by atoms with E-state index in [-0.39, 0.29) is 0 Å². The summed E-state index contributed by atoms with van der Waals surface area (Å²) in [6.07, 6.45) is 9.78. The number of rotatable bonds is 9. The minimum Gasteiger partial charge on any atom is -0.314 e. The van der Waals surface area contributed by atoms with Gasteiger partial charge in [-0.1, -0.05) is 59.8 Å². The van der Waals surface area contributed by atoms with Crippen LogP contribution in [0.2, 0.25) is 0 Å². The van der Waals surface area contributed by atoms with Gasteiger partial charge in [-0.15, -0.1) is 0 Å². The maximum absolute atomic E-state index is 3.76. The highest BCUT2D eigenvalue weighted by Crippen LogP contribution is 2.25. The van der Waals surface area contributed by atoms with Crippen molar-refractivity contribution in [1.82, 2.24) is 10.2 Å². The average molecular weight is 283 g/mol. The third kappa shape index (κ3) is 6.13. The highest BCUT2D eigenvalue weighted by atomic mass is 15.1. The monoisotopic (exact) mass is 282 g/mol. The predicted octanol–water partition coefficient (Wildman–Crippen LogP) is 4.30. The fraction of sp³-hybridized carbons (Fsp3) is 1.00. The zero-order valence-electron chi connectivity index (χ0n) is 14.5. The van der Waals surface area contributed by atoms with E-state index in [4.69, 9.17) is 0 Å². The van der Waals surface area contributed by atoms with Crippen molar-refractivity contribution in [2.24, 2.45) is 11.8 Å². The minimum atomic E-state index is 0.762. The molecule has 1 aliphatic rings. The maximum Gasteiger partial charge on any atom is 0.0107 e. The molecule has 1 rings (SSSR count). The second kappa shape index (κ2) is 10.6. The van der Waals surface area contributed by atoms with E-state index in [2.05, 4.69) is 37.9 Å². The van der Waals surface area contributed by atoms with Gasteiger partial charge in [0.2, 0.25) is 0 Å². The van der Waals surface area contributed by atoms with Gasteiger partial charge in [0.1, 0.15) is 0 Å². The number of nitrogens with one attached hydrogen (secondary N) is 1. The van der Waals surface area contributed by atoms with Crippen LogP contribution in [0, 0.1) is 11.8 Å². The first-order valence-corrected chi connectivity index (χ1v) is 9.20. The number of nitrogens with zero attached hydrogens (tertiary/aromatic N) is 1. The Morgan fingerprint density at radius 2 is 1.70 bits per heavy atom. The molecule has 2 atom stereocenters. The van der Waals surface area contributed by atoms with Crippen molar-refractivity contribution in [1.29, 1.82) is 0 Å². The highest BCUT2D eigenvalue weighted by molar-refractivity contribution is 4.82. The van der Waals surface area contributed by atoms with Crippen molar-refractivity contribution in [2.45, 2.75) is 78.7 Å². The zero-order chi connectivity index (χ0) is 14.8. The quantitative estimate of drug-likeness (QED) is 0.634. The topological polar surface area (TPSA) is 15.3 Å². The molecule has 1 N–H and O–H groups in total. The third-order valence-electron chi connectivity index (χ3n) is 5.24. The molecular formula is C18H38N2. The van der Waals surface area contributed by atoms with Gasteiger partial charge in [-0.3, -0.25) is 0 Å². The van der Waals surface area contributed by atoms with E-state index in [0.717, 1.165) is 24.4 Å². The van der Waals surface area contributed by atoms with Crippen molar-refractivity contribution in [3.05, 3.63) is 0 Å². The van der Waals surface area contributed by atoms with E-state index in [9.17, 15) is 0 Å². The van der Waals surface area contributed by atoms with Crippen LogP contribution in [0.1, 0.15) is 72.6 Å². The van der Waals surface area contributed by atoms with Crippen molar-refractivity contribution in [3.63, 3.8) is 0 Å². The van der Waals surface area contributed by atoms with Crippen LogP contribution in [0.25, 0.3) is 0 Å². The van der Waals surface area contributed by atoms with E-state index in [1.165, 1.54) is 64.6 Å². The van der Waals surface area contributed by atoms with Gasteiger partial charge in [-0.2, -0.15) is 0 Å². The molecule has 1 fully saturated rings. The van der Waals surface area contributed by atoms with Crippen molar-refractivity contribution in [2.75, 3.05) is 26.2 Å². The second-order valence-corrected chi connectivity index (χ2v) is 6.60. The summed E-state index contributed by atoms with van der Waals surface area (Å²) in [6.45, 7) is 14.2. The van der Waals surface area contributed by atoms with Gasteiger partial charge in [0.25, 0.3) is 0 Å². The van der Waals surface area contributed by atoms with Crippen LogP contribution < -0.4 is 5.32 Å². The molecule has 0 aliphatic heterocycles. The fourth-order valence-electron chi connectivity index (χ4n) is 3.71. The lowest BCUT2D eigenvalue weighted by Gasteiger charge is -2.33. The number of hydrogen-bond acceptors (Lipinski definition) is 2. The summed E-state index contributed by atoms with van der Waals surface area (Å²) in [5.41, 5.74) is 0. The largest absolute Gasteiger partial charge is 0.314 e. The molecule has 2 heteroatoms. The lowest BCUT2D eigenvalue weighted by atomic mass is 9.93. The van der Waals surface area contributed by atoms with Crippen molar-refractivity contribution >= 4 is 0 Å². The zero-order valence-corrected chi connectivity index (χ0v) is 14.5. The maximum atomic E-state index is 3.76. The van der Waals surface area contributed by atoms with Gasteiger partial charge < -0.3 is 10.2 Å². The highest BCUT2D eigenvalue weighted by Gasteiger charge is 2.25. The van der Waals surface area contributed by atoms with Crippen LogP contribution in [0.15, 0.2) is 0 Å². The van der Waals surface area contributed by atoms with Gasteiger partial charge in [-0.25, -0.2) is 0 Å². The Labute approximate surface area is 127 Å². The summed E-state index contributed by atoms with van der Waals surface area (Å²) in [7, 11) is 0. The Bertz CT molecular complexity index is 225. The summed E-state index contributed by atoms with van der Waals surface area (Å²) < 4.78 is 0. The van der Waals surface area contributed by atoms with Gasteiger partial charge in [-0.05, 0) is 37.8 Å². The summed E-state index contributed by atoms with van der Waals surface area (Å²) >= 11 is 0. The molecule has 2 nitrogen and oxygen atoms in total. The van der Waals surface area contributed by atoms with Gasteiger partial charge in [0.15, 0.2) is 0 Å². The van der Waals surface area contributed by atoms with Crippen LogP contribution in [0.3, 0.4) is 0 Å². The molecule has 0 bridgehead atoms. The van der Waals surface area contributed by atoms with Crippen LogP contribution in [-0.4, -0.2) is 37.1 Å². The Morgan fingerprint density at radius 3 is 2.30 bits per heavy atom. The van der Waals surface area contributed by atoms with Crippen molar-refractivity contribution < 1.29 is 0 Å². The molecule has 2 unspecified atom stereocenters. The summed E-state index contributed by atoms with van der Waals surface area (Å²) in [5.74, 6) is 1.75. The predicted molar refractivity (Wildman–Crippen MR) is 90.2 cm³/mol. The second-order valence-electron chi connectivity index (χ2n) is 6.60. The first kappa shape index (κ1) is 18.0. The van der Waals surface area contributed by atoms with Crippen LogP contribution in [0.4, 0.5) is 0 Å². The molecule has 0 aromatic carbocycles. The first-order valence-electron chi connectivity index (χ1n) is 9.20. The van der Waals surface area contributed by atoms with E-state index < -0.39 is 0 Å². The summed E-state index contributed by atoms with van der Waals surface area (Å²) in [4.78, 5) is 2.72. The lowest BCUT2D eigenvalue weighted by molar-refractivity contribution is 0.174. The Morgan fingerprint density at radius 1 is 1.00 bits per heavy atom. The van der Waals surface area contributed by atoms with Crippen molar-refractivity contribution in [3.8, 4) is 0 Å². The van der Waals surface area contributed by atoms with Crippen LogP contribution in [0.5, 0.6) is 0 Å². The molecular weight excluding hydrogens is 244 g/mol. The standard InChI is InChI=1S/C18H38N2/c1-5-16(6-2)14-20(8-4)15-17-12-10-9-11-13-18(17)19-7-3/h16-19H,5-15H2,1-4H3. The van der Waals surface area contributed by atoms with Crippen LogP contribution in [-0.2, 0) is 0 Å². The molecule has 20 heavy (non-hydrogen) atoms. The van der Waals surface area contributed by atoms with E-state index in [1.54, 1.807) is 0 Å². The Kier molecular flexibility index (Phi) is 9.54. The third-order valence-corrected chi connectivity index (χ3v) is 5.24. The molecule has 0 aromatic rings. The molecule has 0 spiro atoms. The van der Waals surface area contributed by atoms with E-state index >= 15 is 0 Å². The van der Waals surface area contributed by atoms with Gasteiger partial charge >= 0.3 is 0 Å². The SMILES string of the molecule is CCNC1CCCCCC1CN(CC)CC(CC)CC. The van der Waals surface area contributed by atoms with E-state index in [0.29, 0.717) is 0 Å². The molecule has 1 aliphatic carbocycles. The summed E-state index contributed by atoms with van der Waals surface area (Å²) in [5, 5.41) is 3.76. The molecule has 0 heterocycles. The van der Waals surface area contributed by atoms with E-state index in [1.807, 2.05) is 0 Å². The number of hydrogen-bond donors (Lipinski definition) is 1. The van der Waals surface area contributed by atoms with Crippen LogP contribution >= 0.6 is 0 Å². The minimum absolute atomic E-state index is 0.762. The molecule has 0 amide bonds. The Balaban J connectivity index is 2.54. The molecule has 120 valence electrons.